The van der Waals surface area contributed by atoms with Gasteiger partial charge in [0.1, 0.15) is 0 Å². The molecular weight excluding hydrogens is 373 g/mol. The summed E-state index contributed by atoms with van der Waals surface area (Å²) in [6.45, 7) is -0.132. The average molecular weight is 384 g/mol. The van der Waals surface area contributed by atoms with E-state index in [0.29, 0.717) is 0 Å². The summed E-state index contributed by atoms with van der Waals surface area (Å²) in [5.74, 6) is 0. The number of rotatable bonds is 4. The van der Waals surface area contributed by atoms with E-state index in [2.05, 4.69) is 15.9 Å². The maximum absolute atomic E-state index is 12.7. The minimum atomic E-state index is -4.75. The first-order chi connectivity index (χ1) is 8.18. The van der Waals surface area contributed by atoms with Crippen molar-refractivity contribution in [2.45, 2.75) is 11.1 Å². The molecule has 0 aromatic heterocycles. The smallest absolute Gasteiger partial charge is 0.329 e. The summed E-state index contributed by atoms with van der Waals surface area (Å²) in [7, 11) is -4.22. The van der Waals surface area contributed by atoms with Gasteiger partial charge in [-0.05, 0) is 18.2 Å². The number of sulfonamides is 1. The van der Waals surface area contributed by atoms with Crippen LogP contribution in [0, 0.1) is 0 Å². The van der Waals surface area contributed by atoms with Crippen molar-refractivity contribution in [3.8, 4) is 0 Å². The molecule has 1 aromatic rings. The van der Waals surface area contributed by atoms with Crippen LogP contribution in [0.4, 0.5) is 13.2 Å². The molecule has 110 valence electrons. The van der Waals surface area contributed by atoms with E-state index in [9.17, 15) is 21.6 Å². The normalized spacial score (nSPS) is 12.1. The van der Waals surface area contributed by atoms with Crippen molar-refractivity contribution in [3.05, 3.63) is 28.2 Å². The maximum atomic E-state index is 12.7. The largest absolute Gasteiger partial charge is 0.417 e. The van der Waals surface area contributed by atoms with Crippen LogP contribution >= 0.6 is 28.3 Å². The van der Waals surface area contributed by atoms with Gasteiger partial charge >= 0.3 is 6.18 Å². The molecule has 0 atom stereocenters. The highest BCUT2D eigenvalue weighted by Gasteiger charge is 2.37. The number of halogens is 5. The predicted molar refractivity (Wildman–Crippen MR) is 70.6 cm³/mol. The number of benzene rings is 1. The second kappa shape index (κ2) is 6.89. The van der Waals surface area contributed by atoms with Gasteiger partial charge < -0.3 is 5.73 Å². The number of hydrogen-bond donors (Lipinski definition) is 2. The predicted octanol–water partition coefficient (Wildman–Crippen LogP) is 2.13. The molecule has 0 bridgehead atoms. The third kappa shape index (κ3) is 4.92. The van der Waals surface area contributed by atoms with E-state index in [-0.39, 0.29) is 30.0 Å². The van der Waals surface area contributed by atoms with E-state index in [1.807, 2.05) is 4.72 Å². The third-order valence-electron chi connectivity index (χ3n) is 1.97. The summed E-state index contributed by atoms with van der Waals surface area (Å²) < 4.78 is 63.7. The van der Waals surface area contributed by atoms with Crippen molar-refractivity contribution in [2.75, 3.05) is 13.1 Å². The summed E-state index contributed by atoms with van der Waals surface area (Å²) in [5.41, 5.74) is 3.88. The molecule has 0 heterocycles. The average Bonchev–Trinajstić information content (AvgIpc) is 2.25. The zero-order valence-corrected chi connectivity index (χ0v) is 12.6. The highest BCUT2D eigenvalue weighted by molar-refractivity contribution is 9.10. The van der Waals surface area contributed by atoms with Gasteiger partial charge in [-0.2, -0.15) is 13.2 Å². The molecule has 0 aliphatic carbocycles. The lowest BCUT2D eigenvalue weighted by atomic mass is 10.2. The SMILES string of the molecule is Cl.NCCNS(=O)(=O)c1ccc(Br)cc1C(F)(F)F. The van der Waals surface area contributed by atoms with Gasteiger partial charge in [0.2, 0.25) is 10.0 Å². The number of nitrogens with one attached hydrogen (secondary N) is 1. The van der Waals surface area contributed by atoms with Crippen LogP contribution < -0.4 is 10.5 Å². The van der Waals surface area contributed by atoms with Crippen LogP contribution in [0.15, 0.2) is 27.6 Å². The van der Waals surface area contributed by atoms with E-state index >= 15 is 0 Å². The molecule has 0 unspecified atom stereocenters. The molecule has 0 spiro atoms. The first-order valence-corrected chi connectivity index (χ1v) is 7.02. The lowest BCUT2D eigenvalue weighted by molar-refractivity contribution is -0.139. The molecule has 1 rings (SSSR count). The zero-order chi connectivity index (χ0) is 14.0. The first kappa shape index (κ1) is 18.7. The van der Waals surface area contributed by atoms with Crippen molar-refractivity contribution in [1.82, 2.24) is 4.72 Å². The van der Waals surface area contributed by atoms with Gasteiger partial charge in [-0.1, -0.05) is 15.9 Å². The third-order valence-corrected chi connectivity index (χ3v) is 3.99. The Bertz CT molecular complexity index is 537. The monoisotopic (exact) mass is 382 g/mol. The summed E-state index contributed by atoms with van der Waals surface area (Å²) in [5, 5.41) is 0. The van der Waals surface area contributed by atoms with Crippen LogP contribution in [0.5, 0.6) is 0 Å². The molecule has 4 nitrogen and oxygen atoms in total. The second-order valence-corrected chi connectivity index (χ2v) is 5.98. The van der Waals surface area contributed by atoms with E-state index in [1.54, 1.807) is 0 Å². The highest BCUT2D eigenvalue weighted by atomic mass is 79.9. The summed E-state index contributed by atoms with van der Waals surface area (Å²) in [4.78, 5) is -0.813. The first-order valence-electron chi connectivity index (χ1n) is 4.75. The van der Waals surface area contributed by atoms with Gasteiger partial charge in [-0.3, -0.25) is 0 Å². The molecule has 0 saturated carbocycles. The van der Waals surface area contributed by atoms with E-state index in [4.69, 9.17) is 5.73 Å². The standard InChI is InChI=1S/C9H10BrF3N2O2S.ClH/c10-6-1-2-8(7(5-6)9(11,12)13)18(16,17)15-4-3-14;/h1-2,5,15H,3-4,14H2;1H. The summed E-state index contributed by atoms with van der Waals surface area (Å²) in [6, 6.07) is 2.84. The Labute approximate surface area is 123 Å². The maximum Gasteiger partial charge on any atom is 0.417 e. The Kier molecular flexibility index (Phi) is 6.76. The minimum absolute atomic E-state index is 0. The fourth-order valence-electron chi connectivity index (χ4n) is 1.23. The molecule has 0 amide bonds. The lowest BCUT2D eigenvalue weighted by Gasteiger charge is -2.14. The van der Waals surface area contributed by atoms with Gasteiger partial charge in [-0.15, -0.1) is 12.4 Å². The zero-order valence-electron chi connectivity index (χ0n) is 9.37. The van der Waals surface area contributed by atoms with Crippen LogP contribution in [0.1, 0.15) is 5.56 Å². The molecule has 0 radical (unpaired) electrons. The van der Waals surface area contributed by atoms with Gasteiger partial charge in [-0.25, -0.2) is 13.1 Å². The van der Waals surface area contributed by atoms with Crippen LogP contribution in [0.2, 0.25) is 0 Å². The Hall–Kier alpha value is -0.350. The number of hydrogen-bond acceptors (Lipinski definition) is 3. The van der Waals surface area contributed by atoms with Crippen LogP contribution in [-0.2, 0) is 16.2 Å². The van der Waals surface area contributed by atoms with Crippen LogP contribution in [0.3, 0.4) is 0 Å². The number of alkyl halides is 3. The van der Waals surface area contributed by atoms with Gasteiger partial charge in [0.05, 0.1) is 10.5 Å². The quantitative estimate of drug-likeness (QED) is 0.836. The molecule has 10 heteroatoms. The van der Waals surface area contributed by atoms with Crippen molar-refractivity contribution in [3.63, 3.8) is 0 Å². The Balaban J connectivity index is 0.00000324. The molecular formula is C9H11BrClF3N2O2S. The topological polar surface area (TPSA) is 72.2 Å². The Morgan fingerprint density at radius 2 is 1.89 bits per heavy atom. The molecule has 3 N–H and O–H groups in total. The molecule has 0 aliphatic heterocycles. The van der Waals surface area contributed by atoms with Crippen LogP contribution in [0.25, 0.3) is 0 Å². The Morgan fingerprint density at radius 3 is 2.37 bits per heavy atom. The van der Waals surface area contributed by atoms with Crippen LogP contribution in [-0.4, -0.2) is 21.5 Å². The van der Waals surface area contributed by atoms with E-state index < -0.39 is 26.7 Å². The minimum Gasteiger partial charge on any atom is -0.329 e. The van der Waals surface area contributed by atoms with Crippen molar-refractivity contribution in [1.29, 1.82) is 0 Å². The fraction of sp³-hybridized carbons (Fsp3) is 0.333. The van der Waals surface area contributed by atoms with E-state index in [0.717, 1.165) is 12.1 Å². The number of nitrogens with two attached hydrogens (primary N) is 1. The van der Waals surface area contributed by atoms with Gasteiger partial charge in [0.25, 0.3) is 0 Å². The van der Waals surface area contributed by atoms with Crippen molar-refractivity contribution < 1.29 is 21.6 Å². The summed E-state index contributed by atoms with van der Waals surface area (Å²) >= 11 is 2.87. The highest BCUT2D eigenvalue weighted by Crippen LogP contribution is 2.35. The molecule has 0 aliphatic rings. The second-order valence-electron chi connectivity index (χ2n) is 3.32. The molecule has 1 aromatic carbocycles. The lowest BCUT2D eigenvalue weighted by Crippen LogP contribution is -2.30. The molecule has 19 heavy (non-hydrogen) atoms. The Morgan fingerprint density at radius 1 is 1.32 bits per heavy atom. The molecule has 0 saturated heterocycles. The van der Waals surface area contributed by atoms with Gasteiger partial charge in [0.15, 0.2) is 0 Å². The van der Waals surface area contributed by atoms with E-state index in [1.165, 1.54) is 6.07 Å². The fourth-order valence-corrected chi connectivity index (χ4v) is 2.84. The van der Waals surface area contributed by atoms with Gasteiger partial charge in [0, 0.05) is 17.6 Å². The van der Waals surface area contributed by atoms with Crippen molar-refractivity contribution in [2.24, 2.45) is 5.73 Å². The molecule has 0 fully saturated rings. The van der Waals surface area contributed by atoms with Crippen molar-refractivity contribution >= 4 is 38.4 Å². The summed E-state index contributed by atoms with van der Waals surface area (Å²) in [6.07, 6.45) is -4.75.